The van der Waals surface area contributed by atoms with Gasteiger partial charge in [-0.3, -0.25) is 4.79 Å². The largest absolute Gasteiger partial charge is 0.385 e. The van der Waals surface area contributed by atoms with Crippen LogP contribution < -0.4 is 5.32 Å². The molecule has 5 heteroatoms. The Balaban J connectivity index is 0. The Bertz CT molecular complexity index is 165. The van der Waals surface area contributed by atoms with Crippen LogP contribution in [0.15, 0.2) is 0 Å². The van der Waals surface area contributed by atoms with Crippen molar-refractivity contribution in [1.82, 2.24) is 5.32 Å². The van der Waals surface area contributed by atoms with Crippen molar-refractivity contribution in [2.75, 3.05) is 20.3 Å². The van der Waals surface area contributed by atoms with Crippen LogP contribution in [0.3, 0.4) is 0 Å². The molecule has 0 aliphatic carbocycles. The van der Waals surface area contributed by atoms with Crippen molar-refractivity contribution in [3.05, 3.63) is 0 Å². The lowest BCUT2D eigenvalue weighted by molar-refractivity contribution is -0.130. The molecular weight excluding hydrogens is 214 g/mol. The molecule has 0 heterocycles. The highest BCUT2D eigenvalue weighted by Crippen LogP contribution is 2.03. The van der Waals surface area contributed by atoms with Crippen molar-refractivity contribution in [3.8, 4) is 0 Å². The molecule has 0 spiro atoms. The summed E-state index contributed by atoms with van der Waals surface area (Å²) in [5.74, 6) is 0.0459. The van der Waals surface area contributed by atoms with Crippen LogP contribution in [0.4, 0.5) is 0 Å². The Kier molecular flexibility index (Phi) is 11.7. The maximum absolute atomic E-state index is 11.2. The van der Waals surface area contributed by atoms with E-state index in [1.807, 2.05) is 13.8 Å². The molecule has 0 bridgehead atoms. The van der Waals surface area contributed by atoms with E-state index in [0.29, 0.717) is 25.5 Å². The fraction of sp³-hybridized carbons (Fsp3) is 0.900. The number of carbonyl (C=O) groups excluding carboxylic acids is 1. The maximum Gasteiger partial charge on any atom is 0.248 e. The molecule has 0 saturated carbocycles. The van der Waals surface area contributed by atoms with Gasteiger partial charge in [-0.15, -0.1) is 0 Å². The van der Waals surface area contributed by atoms with E-state index < -0.39 is 6.10 Å². The van der Waals surface area contributed by atoms with Crippen LogP contribution in [0.25, 0.3) is 0 Å². The molecule has 0 fully saturated rings. The molecule has 15 heavy (non-hydrogen) atoms. The fourth-order valence-electron chi connectivity index (χ4n) is 1.10. The van der Waals surface area contributed by atoms with Gasteiger partial charge in [0.2, 0.25) is 5.91 Å². The first-order chi connectivity index (χ1) is 6.57. The third kappa shape index (κ3) is 10.0. The molecule has 0 aliphatic rings. The summed E-state index contributed by atoms with van der Waals surface area (Å²) in [6.07, 6.45) is 0.407. The third-order valence-electron chi connectivity index (χ3n) is 1.82. The minimum absolute atomic E-state index is 0. The van der Waals surface area contributed by atoms with E-state index in [1.54, 1.807) is 7.11 Å². The van der Waals surface area contributed by atoms with E-state index in [4.69, 9.17) is 4.74 Å². The average molecular weight is 237 g/mol. The molecule has 0 radical (unpaired) electrons. The van der Waals surface area contributed by atoms with Gasteiger partial charge in [-0.25, -0.2) is 0 Å². The average Bonchev–Trinajstić information content (AvgIpc) is 2.11. The Hall–Kier alpha value is -0.260. The van der Waals surface area contributed by atoms with Crippen LogP contribution in [-0.4, -0.2) is 37.4 Å². The van der Waals surface area contributed by atoms with E-state index in [9.17, 15) is 9.90 Å². The van der Waals surface area contributed by atoms with Crippen LogP contribution in [0.5, 0.6) is 0 Å². The van der Waals surface area contributed by atoms with E-state index in [0.717, 1.165) is 6.42 Å². The summed E-state index contributed by atoms with van der Waals surface area (Å²) in [7, 11) is 1.62. The van der Waals surface area contributed by atoms with Crippen LogP contribution in [0.2, 0.25) is 0 Å². The summed E-state index contributed by atoms with van der Waals surface area (Å²) in [4.78, 5) is 11.2. The van der Waals surface area contributed by atoms with Gasteiger partial charge in [-0.1, -0.05) is 13.8 Å². The SMILES string of the molecule is COCCCNC(=O)[C@@H](O)CC(C)C.S. The number of rotatable bonds is 7. The zero-order valence-electron chi connectivity index (χ0n) is 9.75. The number of aliphatic hydroxyl groups is 1. The molecule has 0 rings (SSSR count). The van der Waals surface area contributed by atoms with Gasteiger partial charge < -0.3 is 15.2 Å². The Morgan fingerprint density at radius 3 is 2.53 bits per heavy atom. The van der Waals surface area contributed by atoms with E-state index in [1.165, 1.54) is 0 Å². The Labute approximate surface area is 98.8 Å². The summed E-state index contributed by atoms with van der Waals surface area (Å²) in [5, 5.41) is 12.1. The van der Waals surface area contributed by atoms with Crippen LogP contribution >= 0.6 is 13.5 Å². The first kappa shape index (κ1) is 17.1. The summed E-state index contributed by atoms with van der Waals surface area (Å²) in [6, 6.07) is 0. The summed E-state index contributed by atoms with van der Waals surface area (Å²) in [5.41, 5.74) is 0. The predicted octanol–water partition coefficient (Wildman–Crippen LogP) is 0.659. The maximum atomic E-state index is 11.2. The second-order valence-corrected chi connectivity index (χ2v) is 3.78. The minimum Gasteiger partial charge on any atom is -0.385 e. The zero-order chi connectivity index (χ0) is 11.0. The molecule has 0 unspecified atom stereocenters. The highest BCUT2D eigenvalue weighted by atomic mass is 32.1. The van der Waals surface area contributed by atoms with E-state index in [-0.39, 0.29) is 19.4 Å². The number of carbonyl (C=O) groups is 1. The van der Waals surface area contributed by atoms with Gasteiger partial charge in [0.1, 0.15) is 6.10 Å². The van der Waals surface area contributed by atoms with Crippen molar-refractivity contribution in [3.63, 3.8) is 0 Å². The van der Waals surface area contributed by atoms with Crippen molar-refractivity contribution in [1.29, 1.82) is 0 Å². The van der Waals surface area contributed by atoms with E-state index in [2.05, 4.69) is 5.32 Å². The monoisotopic (exact) mass is 237 g/mol. The molecule has 0 aliphatic heterocycles. The second-order valence-electron chi connectivity index (χ2n) is 3.78. The standard InChI is InChI=1S/C10H21NO3.H2S/c1-8(2)7-9(12)10(13)11-5-4-6-14-3;/h8-9,12H,4-7H2,1-3H3,(H,11,13);1H2/t9-;/m0./s1. The number of hydrogen-bond acceptors (Lipinski definition) is 3. The number of hydrogen-bond donors (Lipinski definition) is 2. The second kappa shape index (κ2) is 10.3. The molecule has 0 aromatic carbocycles. The topological polar surface area (TPSA) is 58.6 Å². The van der Waals surface area contributed by atoms with Crippen molar-refractivity contribution >= 4 is 19.4 Å². The Morgan fingerprint density at radius 1 is 1.47 bits per heavy atom. The van der Waals surface area contributed by atoms with Crippen LogP contribution in [-0.2, 0) is 9.53 Å². The lowest BCUT2D eigenvalue weighted by atomic mass is 10.1. The molecule has 0 saturated heterocycles. The molecule has 1 amide bonds. The highest BCUT2D eigenvalue weighted by molar-refractivity contribution is 7.59. The van der Waals surface area contributed by atoms with Crippen molar-refractivity contribution in [2.45, 2.75) is 32.8 Å². The highest BCUT2D eigenvalue weighted by Gasteiger charge is 2.15. The van der Waals surface area contributed by atoms with Crippen LogP contribution in [0, 0.1) is 5.92 Å². The zero-order valence-corrected chi connectivity index (χ0v) is 10.7. The molecule has 0 aromatic rings. The number of methoxy groups -OCH3 is 1. The molecule has 2 N–H and O–H groups in total. The van der Waals surface area contributed by atoms with Gasteiger partial charge in [0.25, 0.3) is 0 Å². The summed E-state index contributed by atoms with van der Waals surface area (Å²) >= 11 is 0. The number of nitrogens with one attached hydrogen (secondary N) is 1. The molecular formula is C10H23NO3S. The number of aliphatic hydroxyl groups excluding tert-OH is 1. The molecule has 0 aromatic heterocycles. The number of ether oxygens (including phenoxy) is 1. The lowest BCUT2D eigenvalue weighted by Gasteiger charge is -2.12. The summed E-state index contributed by atoms with van der Waals surface area (Å²) in [6.45, 7) is 5.13. The molecule has 4 nitrogen and oxygen atoms in total. The van der Waals surface area contributed by atoms with Crippen molar-refractivity contribution in [2.24, 2.45) is 5.92 Å². The van der Waals surface area contributed by atoms with Crippen molar-refractivity contribution < 1.29 is 14.6 Å². The van der Waals surface area contributed by atoms with Crippen LogP contribution in [0.1, 0.15) is 26.7 Å². The normalized spacial score (nSPS) is 12.1. The smallest absolute Gasteiger partial charge is 0.248 e. The number of amides is 1. The fourth-order valence-corrected chi connectivity index (χ4v) is 1.10. The Morgan fingerprint density at radius 2 is 2.07 bits per heavy atom. The van der Waals surface area contributed by atoms with Gasteiger partial charge >= 0.3 is 0 Å². The van der Waals surface area contributed by atoms with Gasteiger partial charge in [-0.2, -0.15) is 13.5 Å². The van der Waals surface area contributed by atoms with Gasteiger partial charge in [0.05, 0.1) is 0 Å². The quantitative estimate of drug-likeness (QED) is 0.640. The molecule has 1 atom stereocenters. The first-order valence-electron chi connectivity index (χ1n) is 5.02. The molecule has 92 valence electrons. The lowest BCUT2D eigenvalue weighted by Crippen LogP contribution is -2.36. The summed E-state index contributed by atoms with van der Waals surface area (Å²) < 4.78 is 4.83. The van der Waals surface area contributed by atoms with Gasteiger partial charge in [0.15, 0.2) is 0 Å². The van der Waals surface area contributed by atoms with Gasteiger partial charge in [0, 0.05) is 20.3 Å². The van der Waals surface area contributed by atoms with E-state index >= 15 is 0 Å². The predicted molar refractivity (Wildman–Crippen MR) is 65.3 cm³/mol. The minimum atomic E-state index is -0.877. The van der Waals surface area contributed by atoms with Gasteiger partial charge in [-0.05, 0) is 18.8 Å². The first-order valence-corrected chi connectivity index (χ1v) is 5.02. The third-order valence-corrected chi connectivity index (χ3v) is 1.82.